The van der Waals surface area contributed by atoms with Crippen molar-refractivity contribution in [2.75, 3.05) is 16.5 Å². The predicted octanol–water partition coefficient (Wildman–Crippen LogP) is 15.7. The zero-order chi connectivity index (χ0) is 49.2. The van der Waals surface area contributed by atoms with Gasteiger partial charge >= 0.3 is 0 Å². The molecule has 3 aliphatic rings. The Morgan fingerprint density at radius 3 is 1.74 bits per heavy atom. The first-order valence-electron chi connectivity index (χ1n) is 25.6. The molecule has 0 bridgehead atoms. The molecule has 2 aliphatic heterocycles. The number of rotatable bonds is 7. The van der Waals surface area contributed by atoms with E-state index < -0.39 is 13.5 Å². The molecule has 1 aliphatic carbocycles. The minimum atomic E-state index is -2.10. The van der Waals surface area contributed by atoms with Crippen LogP contribution in [0.5, 0.6) is 11.5 Å². The molecule has 0 saturated heterocycles. The molecule has 5 nitrogen and oxygen atoms in total. The third-order valence-electron chi connectivity index (χ3n) is 16.1. The molecular weight excluding hydrogens is 905 g/mol. The number of nitrogens with zero attached hydrogens (tertiary/aromatic N) is 4. The summed E-state index contributed by atoms with van der Waals surface area (Å²) in [5.41, 5.74) is 17.5. The number of ether oxygens (including phenoxy) is 1. The topological polar surface area (TPSA) is 33.5 Å². The Kier molecular flexibility index (Phi) is 9.52. The zero-order valence-corrected chi connectivity index (χ0v) is 42.8. The predicted molar refractivity (Wildman–Crippen MR) is 305 cm³/mol. The van der Waals surface area contributed by atoms with Crippen molar-refractivity contribution in [1.82, 2.24) is 9.55 Å². The van der Waals surface area contributed by atoms with E-state index in [2.05, 4.69) is 267 Å². The first-order valence-corrected chi connectivity index (χ1v) is 28.6. The second-order valence-electron chi connectivity index (χ2n) is 21.5. The van der Waals surface area contributed by atoms with Crippen LogP contribution < -0.4 is 24.9 Å². The van der Waals surface area contributed by atoms with Gasteiger partial charge in [0.1, 0.15) is 32.1 Å². The van der Waals surface area contributed by atoms with E-state index in [0.29, 0.717) is 6.67 Å². The number of anilines is 4. The third-order valence-corrected chi connectivity index (χ3v) is 19.7. The van der Waals surface area contributed by atoms with Crippen LogP contribution >= 0.6 is 0 Å². The van der Waals surface area contributed by atoms with Gasteiger partial charge < -0.3 is 14.5 Å². The van der Waals surface area contributed by atoms with Crippen LogP contribution in [0.15, 0.2) is 225 Å². The lowest BCUT2D eigenvalue weighted by Gasteiger charge is -2.46. The van der Waals surface area contributed by atoms with E-state index in [9.17, 15) is 0 Å². The fraction of sp³-hybridized carbons (Fsp3) is 0.119. The van der Waals surface area contributed by atoms with E-state index in [1.54, 1.807) is 0 Å². The van der Waals surface area contributed by atoms with Crippen LogP contribution in [-0.2, 0) is 10.8 Å². The molecule has 1 spiro atoms. The molecule has 2 aromatic heterocycles. The van der Waals surface area contributed by atoms with Gasteiger partial charge in [0.05, 0.1) is 33.5 Å². The van der Waals surface area contributed by atoms with Crippen molar-refractivity contribution in [3.8, 4) is 39.6 Å². The van der Waals surface area contributed by atoms with Crippen molar-refractivity contribution in [3.63, 3.8) is 0 Å². The Morgan fingerprint density at radius 1 is 0.493 bits per heavy atom. The van der Waals surface area contributed by atoms with E-state index in [1.807, 2.05) is 6.20 Å². The fourth-order valence-corrected chi connectivity index (χ4v) is 16.0. The quantitative estimate of drug-likeness (QED) is 0.149. The van der Waals surface area contributed by atoms with E-state index in [4.69, 9.17) is 9.72 Å². The standard InChI is InChI=1S/C67H54N4OSi/c1-66(2,3)46-37-38-68-62(39-46)71-58-34-20-31-54-63(58)64-55(67(54)52-29-12-16-35-60(52)73(4,5)61-36-17-13-30-53(61)67)41-49(42-59(64)71)72-48-26-18-25-47(40-48)69-43-70(57-33-15-14-32-56(57)69)65-50(44-21-8-6-9-22-44)27-19-28-51(65)45-23-10-7-11-24-45/h6-42H,43H2,1-5H3. The summed E-state index contributed by atoms with van der Waals surface area (Å²) in [5, 5.41) is 5.52. The molecule has 73 heavy (non-hydrogen) atoms. The number of para-hydroxylation sites is 3. The first-order chi connectivity index (χ1) is 35.6. The Labute approximate surface area is 428 Å². The number of benzene rings is 9. The summed E-state index contributed by atoms with van der Waals surface area (Å²) in [5.74, 6) is 2.47. The molecule has 0 amide bonds. The summed E-state index contributed by atoms with van der Waals surface area (Å²) < 4.78 is 9.70. The van der Waals surface area contributed by atoms with E-state index in [-0.39, 0.29) is 5.41 Å². The molecule has 11 aromatic rings. The van der Waals surface area contributed by atoms with Crippen LogP contribution in [-0.4, -0.2) is 24.3 Å². The van der Waals surface area contributed by atoms with Gasteiger partial charge in [0.25, 0.3) is 0 Å². The molecule has 0 N–H and O–H groups in total. The normalized spacial score (nSPS) is 14.8. The van der Waals surface area contributed by atoms with E-state index >= 15 is 0 Å². The molecule has 0 unspecified atom stereocenters. The van der Waals surface area contributed by atoms with Crippen molar-refractivity contribution in [1.29, 1.82) is 0 Å². The summed E-state index contributed by atoms with van der Waals surface area (Å²) >= 11 is 0. The summed E-state index contributed by atoms with van der Waals surface area (Å²) in [4.78, 5) is 10.0. The monoisotopic (exact) mass is 958 g/mol. The number of hydrogen-bond donors (Lipinski definition) is 0. The molecule has 6 heteroatoms. The van der Waals surface area contributed by atoms with Gasteiger partial charge in [0, 0.05) is 45.9 Å². The molecule has 9 aromatic carbocycles. The summed E-state index contributed by atoms with van der Waals surface area (Å²) in [6.45, 7) is 12.5. The number of pyridine rings is 1. The summed E-state index contributed by atoms with van der Waals surface area (Å²) in [6.07, 6.45) is 1.97. The van der Waals surface area contributed by atoms with Gasteiger partial charge in [-0.1, -0.05) is 192 Å². The molecule has 352 valence electrons. The van der Waals surface area contributed by atoms with Gasteiger partial charge in [-0.15, -0.1) is 0 Å². The van der Waals surface area contributed by atoms with Crippen molar-refractivity contribution in [3.05, 3.63) is 252 Å². The maximum atomic E-state index is 7.32. The zero-order valence-electron chi connectivity index (χ0n) is 41.8. The van der Waals surface area contributed by atoms with Crippen LogP contribution in [0.2, 0.25) is 13.1 Å². The lowest BCUT2D eigenvalue weighted by Crippen LogP contribution is -2.63. The number of aromatic nitrogens is 2. The Balaban J connectivity index is 0.939. The smallest absolute Gasteiger partial charge is 0.137 e. The fourth-order valence-electron chi connectivity index (χ4n) is 12.8. The lowest BCUT2D eigenvalue weighted by atomic mass is 9.66. The first kappa shape index (κ1) is 43.3. The number of fused-ring (bicyclic) bond motifs is 7. The van der Waals surface area contributed by atoms with E-state index in [0.717, 1.165) is 45.4 Å². The molecule has 0 radical (unpaired) electrons. The largest absolute Gasteiger partial charge is 0.457 e. The van der Waals surface area contributed by atoms with Crippen LogP contribution in [0.4, 0.5) is 22.7 Å². The highest BCUT2D eigenvalue weighted by Crippen LogP contribution is 2.59. The van der Waals surface area contributed by atoms with Crippen molar-refractivity contribution in [2.24, 2.45) is 0 Å². The Morgan fingerprint density at radius 2 is 1.07 bits per heavy atom. The lowest BCUT2D eigenvalue weighted by molar-refractivity contribution is 0.482. The SMILES string of the molecule is CC(C)(C)c1ccnc(-n2c3cccc4c3c3c(cc(Oc5cccc(N6CN(c7c(-c8ccccc8)cccc7-c7ccccc7)c7ccccc76)c5)cc32)C42c3ccccc3[Si](C)(C)c3ccccc32)c1. The molecular formula is C67H54N4OSi. The second-order valence-corrected chi connectivity index (χ2v) is 25.9. The molecule has 0 saturated carbocycles. The number of hydrogen-bond acceptors (Lipinski definition) is 4. The average molecular weight is 959 g/mol. The highest BCUT2D eigenvalue weighted by molar-refractivity contribution is 7.01. The highest BCUT2D eigenvalue weighted by atomic mass is 28.3. The summed E-state index contributed by atoms with van der Waals surface area (Å²) in [7, 11) is -2.10. The van der Waals surface area contributed by atoms with Gasteiger partial charge in [-0.3, -0.25) is 4.57 Å². The Bertz CT molecular complexity index is 3910. The molecule has 0 atom stereocenters. The minimum absolute atomic E-state index is 0.0538. The average Bonchev–Trinajstić information content (AvgIpc) is 4.10. The van der Waals surface area contributed by atoms with Crippen LogP contribution in [0.1, 0.15) is 48.6 Å². The van der Waals surface area contributed by atoms with Gasteiger partial charge in [0.2, 0.25) is 0 Å². The molecule has 14 rings (SSSR count). The maximum absolute atomic E-state index is 7.32. The molecule has 4 heterocycles. The minimum Gasteiger partial charge on any atom is -0.457 e. The Hall–Kier alpha value is -8.45. The van der Waals surface area contributed by atoms with Crippen molar-refractivity contribution < 1.29 is 4.74 Å². The van der Waals surface area contributed by atoms with Gasteiger partial charge in [-0.05, 0) is 103 Å². The molecule has 0 fully saturated rings. The van der Waals surface area contributed by atoms with Gasteiger partial charge in [-0.25, -0.2) is 4.98 Å². The van der Waals surface area contributed by atoms with Crippen molar-refractivity contribution >= 4 is 63.0 Å². The van der Waals surface area contributed by atoms with E-state index in [1.165, 1.54) is 76.9 Å². The summed E-state index contributed by atoms with van der Waals surface area (Å²) in [6, 6.07) is 80.3. The van der Waals surface area contributed by atoms with Crippen LogP contribution in [0.25, 0.3) is 49.9 Å². The van der Waals surface area contributed by atoms with Gasteiger partial charge in [-0.2, -0.15) is 0 Å². The van der Waals surface area contributed by atoms with Crippen molar-refractivity contribution in [2.45, 2.75) is 44.7 Å². The second kappa shape index (κ2) is 16.0. The van der Waals surface area contributed by atoms with Crippen LogP contribution in [0, 0.1) is 0 Å². The maximum Gasteiger partial charge on any atom is 0.137 e. The third kappa shape index (κ3) is 6.36. The highest BCUT2D eigenvalue weighted by Gasteiger charge is 2.54. The van der Waals surface area contributed by atoms with Crippen LogP contribution in [0.3, 0.4) is 0 Å². The van der Waals surface area contributed by atoms with Gasteiger partial charge in [0.15, 0.2) is 0 Å².